The van der Waals surface area contributed by atoms with Crippen LogP contribution in [0.2, 0.25) is 13.3 Å². The van der Waals surface area contributed by atoms with Gasteiger partial charge in [0.2, 0.25) is 0 Å². The molecule has 3 aliphatic rings. The molecule has 2 aromatic rings. The zero-order chi connectivity index (χ0) is 31.0. The molecule has 2 nitrogen and oxygen atoms in total. The molecule has 5 heteroatoms. The van der Waals surface area contributed by atoms with E-state index in [0.717, 1.165) is 24.1 Å². The number of hydrogen-bond acceptors (Lipinski definition) is 0. The Morgan fingerprint density at radius 3 is 1.29 bits per heavy atom. The molecule has 236 valence electrons. The van der Waals surface area contributed by atoms with E-state index in [1.54, 1.807) is 16.9 Å². The molecule has 0 radical (unpaired) electrons. The van der Waals surface area contributed by atoms with Crippen molar-refractivity contribution in [2.45, 2.75) is 107 Å². The SMILES string of the molecule is CC.CC.CCC[CH2][Sn]([CH2]CCC)([CH2]CCC)[c]1ccccc1.Cc1ccccc1.F[N+]12CC[N+](CCl)(CC1)CC2. The number of halogens is 2. The van der Waals surface area contributed by atoms with Crippen LogP contribution in [0.1, 0.15) is 92.6 Å². The second-order valence-corrected chi connectivity index (χ2v) is 24.9. The first kappa shape index (κ1) is 40.4. The van der Waals surface area contributed by atoms with Gasteiger partial charge in [-0.1, -0.05) is 75.2 Å². The Morgan fingerprint density at radius 2 is 1.00 bits per heavy atom. The summed E-state index contributed by atoms with van der Waals surface area (Å²) in [5.74, 6) is 0. The molecule has 0 unspecified atom stereocenters. The molecule has 0 aromatic heterocycles. The number of fused-ring (bicyclic) bond motifs is 3. The van der Waals surface area contributed by atoms with Gasteiger partial charge in [0.05, 0.1) is 0 Å². The molecule has 0 aliphatic carbocycles. The molecule has 0 N–H and O–H groups in total. The van der Waals surface area contributed by atoms with E-state index in [4.69, 9.17) is 11.6 Å². The van der Waals surface area contributed by atoms with Gasteiger partial charge in [0.25, 0.3) is 0 Å². The molecule has 0 atom stereocenters. The van der Waals surface area contributed by atoms with Gasteiger partial charge in [-0.2, -0.15) is 0 Å². The van der Waals surface area contributed by atoms with Crippen LogP contribution in [0.15, 0.2) is 60.7 Å². The molecule has 3 saturated heterocycles. The first-order valence-corrected chi connectivity index (χ1v) is 24.9. The summed E-state index contributed by atoms with van der Waals surface area (Å²) in [5.41, 5.74) is 1.32. The molecule has 3 heterocycles. The maximum atomic E-state index is 13.5. The van der Waals surface area contributed by atoms with Gasteiger partial charge >= 0.3 is 125 Å². The minimum atomic E-state index is -2.10. The van der Waals surface area contributed by atoms with Gasteiger partial charge in [0.15, 0.2) is 25.6 Å². The topological polar surface area (TPSA) is 0 Å². The van der Waals surface area contributed by atoms with Crippen LogP contribution in [0.3, 0.4) is 0 Å². The van der Waals surface area contributed by atoms with Gasteiger partial charge in [-0.25, -0.2) is 0 Å². The number of piperazine rings is 3. The van der Waals surface area contributed by atoms with Gasteiger partial charge in [-0.05, 0) is 11.4 Å². The predicted octanol–water partition coefficient (Wildman–Crippen LogP) is 10.5. The van der Waals surface area contributed by atoms with E-state index in [9.17, 15) is 4.48 Å². The summed E-state index contributed by atoms with van der Waals surface area (Å²) in [6, 6.07) is 22.6. The predicted molar refractivity (Wildman–Crippen MR) is 186 cm³/mol. The van der Waals surface area contributed by atoms with Gasteiger partial charge in [0.1, 0.15) is 19.6 Å². The van der Waals surface area contributed by atoms with Crippen molar-refractivity contribution in [1.82, 2.24) is 0 Å². The summed E-state index contributed by atoms with van der Waals surface area (Å²) in [4.78, 5) is 0. The number of benzene rings is 2. The van der Waals surface area contributed by atoms with Crippen molar-refractivity contribution in [3.05, 3.63) is 66.2 Å². The molecule has 2 bridgehead atoms. The van der Waals surface area contributed by atoms with E-state index in [-0.39, 0.29) is 4.71 Å². The molecule has 5 rings (SSSR count). The van der Waals surface area contributed by atoms with Crippen LogP contribution >= 0.6 is 11.6 Å². The molecule has 2 aromatic carbocycles. The Bertz CT molecular complexity index is 803. The van der Waals surface area contributed by atoms with Gasteiger partial charge in [-0.15, -0.1) is 4.71 Å². The first-order valence-electron chi connectivity index (χ1n) is 16.9. The Balaban J connectivity index is 0.000000608. The molecule has 3 fully saturated rings. The van der Waals surface area contributed by atoms with Crippen LogP contribution < -0.4 is 3.58 Å². The van der Waals surface area contributed by atoms with Gasteiger partial charge < -0.3 is 0 Å². The van der Waals surface area contributed by atoms with Crippen LogP contribution in [-0.4, -0.2) is 72.8 Å². The summed E-state index contributed by atoms with van der Waals surface area (Å²) in [7, 11) is 0. The average Bonchev–Trinajstić information content (AvgIpc) is 3.05. The van der Waals surface area contributed by atoms with Crippen LogP contribution in [0.5, 0.6) is 0 Å². The van der Waals surface area contributed by atoms with Crippen LogP contribution in [0.4, 0.5) is 4.48 Å². The third kappa shape index (κ3) is 15.1. The zero-order valence-corrected chi connectivity index (χ0v) is 31.8. The third-order valence-corrected chi connectivity index (χ3v) is 24.7. The fourth-order valence-corrected chi connectivity index (χ4v) is 22.1. The van der Waals surface area contributed by atoms with Crippen LogP contribution in [0, 0.1) is 6.92 Å². The molecule has 0 spiro atoms. The minimum absolute atomic E-state index is 0.198. The average molecular weight is 700 g/mol. The van der Waals surface area contributed by atoms with Crippen molar-refractivity contribution >= 4 is 33.6 Å². The number of rotatable bonds is 11. The fraction of sp³-hybridized carbons (Fsp3) is 0.667. The number of aryl methyl sites for hydroxylation is 1. The normalized spacial score (nSPS) is 20.5. The van der Waals surface area contributed by atoms with Gasteiger partial charge in [0, 0.05) is 0 Å². The summed E-state index contributed by atoms with van der Waals surface area (Å²) in [5, 5.41) is 0. The summed E-state index contributed by atoms with van der Waals surface area (Å²) >= 11 is 3.75. The Hall–Kier alpha value is -0.621. The molecular weight excluding hydrogens is 634 g/mol. The van der Waals surface area contributed by atoms with Crippen molar-refractivity contribution in [3.63, 3.8) is 0 Å². The van der Waals surface area contributed by atoms with E-state index >= 15 is 0 Å². The van der Waals surface area contributed by atoms with Crippen molar-refractivity contribution in [3.8, 4) is 0 Å². The van der Waals surface area contributed by atoms with Crippen molar-refractivity contribution in [1.29, 1.82) is 0 Å². The van der Waals surface area contributed by atoms with Crippen molar-refractivity contribution in [2.24, 2.45) is 0 Å². The molecule has 0 amide bonds. The summed E-state index contributed by atoms with van der Waals surface area (Å²) < 4.78 is 20.8. The summed E-state index contributed by atoms with van der Waals surface area (Å²) in [6.45, 7) is 21.9. The van der Waals surface area contributed by atoms with E-state index in [1.165, 1.54) is 44.1 Å². The molecule has 3 aliphatic heterocycles. The molecule has 41 heavy (non-hydrogen) atoms. The smallest absolute Gasteiger partial charge is 0.164 e. The van der Waals surface area contributed by atoms with E-state index in [2.05, 4.69) is 70.2 Å². The van der Waals surface area contributed by atoms with E-state index in [1.807, 2.05) is 45.9 Å². The standard InChI is InChI=1S/C7H14ClFN2.C7H8.C6H5.3C4H9.2C2H6.Sn/c8-7-10-1-4-11(9,5-2-10)6-3-10;1-7-5-3-2-4-6-7;1-2-4-6-5-3-1;3*1-3-4-2;2*1-2;/h1-7H2;2-6H,1H3;1-5H;3*1,3-4H2,2H3;2*1-2H3;/q+2;;;;;;;;. The summed E-state index contributed by atoms with van der Waals surface area (Å²) in [6.07, 6.45) is 8.46. The Morgan fingerprint density at radius 1 is 0.634 bits per heavy atom. The van der Waals surface area contributed by atoms with Crippen molar-refractivity contribution in [2.75, 3.05) is 45.3 Å². The monoisotopic (exact) mass is 700 g/mol. The maximum absolute atomic E-state index is 13.5. The third-order valence-electron chi connectivity index (χ3n) is 8.53. The maximum Gasteiger partial charge on any atom is 0.164 e. The molecular formula is C36H66ClFN2Sn+2. The Kier molecular flexibility index (Phi) is 23.4. The number of hydrogen-bond donors (Lipinski definition) is 0. The first-order chi connectivity index (χ1) is 19.9. The number of nitrogens with zero attached hydrogens (tertiary/aromatic N) is 2. The Labute approximate surface area is 264 Å². The van der Waals surface area contributed by atoms with E-state index < -0.39 is 18.4 Å². The number of unbranched alkanes of at least 4 members (excludes halogenated alkanes) is 3. The fourth-order valence-electron chi connectivity index (χ4n) is 5.70. The zero-order valence-electron chi connectivity index (χ0n) is 28.2. The molecule has 0 saturated carbocycles. The second kappa shape index (κ2) is 23.8. The van der Waals surface area contributed by atoms with E-state index in [0.29, 0.717) is 25.6 Å². The second-order valence-electron chi connectivity index (χ2n) is 11.4. The van der Waals surface area contributed by atoms with Crippen LogP contribution in [0.25, 0.3) is 0 Å². The van der Waals surface area contributed by atoms with Gasteiger partial charge in [-0.3, -0.25) is 4.48 Å². The van der Waals surface area contributed by atoms with Crippen LogP contribution in [-0.2, 0) is 0 Å². The minimum Gasteiger partial charge on any atom is -0.297 e. The quantitative estimate of drug-likeness (QED) is 0.0720. The van der Waals surface area contributed by atoms with Crippen molar-refractivity contribution < 1.29 is 13.7 Å². The number of alkyl halides is 1. The number of quaternary nitrogens is 2. The largest absolute Gasteiger partial charge is 0.297 e.